The topological polar surface area (TPSA) is 137 Å². The second-order valence-electron chi connectivity index (χ2n) is 6.88. The largest absolute Gasteiger partial charge is 0.388 e. The molecule has 2 aromatic heterocycles. The number of alkyl halides is 2. The number of anilines is 2. The van der Waals surface area contributed by atoms with Crippen LogP contribution in [0.3, 0.4) is 0 Å². The molecule has 6 N–H and O–H groups in total. The number of amidine groups is 1. The van der Waals surface area contributed by atoms with Crippen molar-refractivity contribution in [1.82, 2.24) is 19.9 Å². The summed E-state index contributed by atoms with van der Waals surface area (Å²) < 4.78 is 0. The minimum atomic E-state index is -0.311. The number of nitrogens with two attached hydrogens (primary N) is 1. The molecule has 12 heteroatoms. The van der Waals surface area contributed by atoms with E-state index in [9.17, 15) is 9.59 Å². The number of amides is 2. The van der Waals surface area contributed by atoms with Gasteiger partial charge in [-0.3, -0.25) is 15.0 Å². The van der Waals surface area contributed by atoms with Crippen LogP contribution in [0.25, 0.3) is 0 Å². The monoisotopic (exact) mass is 470 g/mol. The molecule has 10 nitrogen and oxygen atoms in total. The van der Waals surface area contributed by atoms with E-state index >= 15 is 0 Å². The standard InChI is InChI=1S/C19H28Cl2N8O2/c1-27(7-3-17(22)23)18(30)16-10-14(12-26-16)29(28(2)8-5-21)19(31)15-9-13(11-25-15)24-6-4-20/h9-12,24-26H,3-8H2,1-2H3,(H3,22,23). The number of aromatic amines is 2. The Bertz CT molecular complexity index is 897. The first-order chi connectivity index (χ1) is 14.8. The van der Waals surface area contributed by atoms with Crippen molar-refractivity contribution in [2.45, 2.75) is 6.42 Å². The number of carbonyl (C=O) groups excluding carboxylic acids is 2. The number of carbonyl (C=O) groups is 2. The number of hydrogen-bond donors (Lipinski definition) is 5. The van der Waals surface area contributed by atoms with E-state index in [1.807, 2.05) is 0 Å². The van der Waals surface area contributed by atoms with Crippen molar-refractivity contribution in [3.63, 3.8) is 0 Å². The molecule has 0 bridgehead atoms. The molecule has 0 spiro atoms. The summed E-state index contributed by atoms with van der Waals surface area (Å²) in [4.78, 5) is 33.3. The maximum Gasteiger partial charge on any atom is 0.289 e. The van der Waals surface area contributed by atoms with Crippen molar-refractivity contribution in [2.75, 3.05) is 55.8 Å². The normalized spacial score (nSPS) is 10.9. The third-order valence-electron chi connectivity index (χ3n) is 4.48. The van der Waals surface area contributed by atoms with Crippen molar-refractivity contribution >= 4 is 52.2 Å². The Balaban J connectivity index is 2.24. The molecule has 0 aliphatic rings. The van der Waals surface area contributed by atoms with Gasteiger partial charge in [0, 0.05) is 64.3 Å². The predicted molar refractivity (Wildman–Crippen MR) is 124 cm³/mol. The van der Waals surface area contributed by atoms with Gasteiger partial charge in [-0.25, -0.2) is 10.0 Å². The molecule has 0 aromatic carbocycles. The number of hydrogen-bond acceptors (Lipinski definition) is 5. The first kappa shape index (κ1) is 24.6. The summed E-state index contributed by atoms with van der Waals surface area (Å²) in [6.45, 7) is 1.31. The van der Waals surface area contributed by atoms with Gasteiger partial charge in [0.05, 0.1) is 17.2 Å². The van der Waals surface area contributed by atoms with Gasteiger partial charge in [-0.1, -0.05) is 0 Å². The van der Waals surface area contributed by atoms with Crippen LogP contribution in [0.1, 0.15) is 27.4 Å². The Morgan fingerprint density at radius 1 is 1.06 bits per heavy atom. The van der Waals surface area contributed by atoms with Crippen molar-refractivity contribution in [2.24, 2.45) is 5.73 Å². The maximum atomic E-state index is 13.2. The highest BCUT2D eigenvalue weighted by atomic mass is 35.5. The summed E-state index contributed by atoms with van der Waals surface area (Å²) in [7, 11) is 3.37. The van der Waals surface area contributed by atoms with E-state index in [0.717, 1.165) is 5.69 Å². The van der Waals surface area contributed by atoms with Crippen molar-refractivity contribution in [3.8, 4) is 0 Å². The number of H-pyrrole nitrogens is 2. The van der Waals surface area contributed by atoms with E-state index in [1.54, 1.807) is 43.6 Å². The van der Waals surface area contributed by atoms with Crippen LogP contribution >= 0.6 is 23.2 Å². The second-order valence-corrected chi connectivity index (χ2v) is 7.63. The molecule has 0 fully saturated rings. The lowest BCUT2D eigenvalue weighted by atomic mass is 10.3. The van der Waals surface area contributed by atoms with Gasteiger partial charge < -0.3 is 25.9 Å². The van der Waals surface area contributed by atoms with Crippen molar-refractivity contribution < 1.29 is 9.59 Å². The van der Waals surface area contributed by atoms with E-state index in [4.69, 9.17) is 34.3 Å². The van der Waals surface area contributed by atoms with Gasteiger partial charge in [-0.2, -0.15) is 0 Å². The summed E-state index contributed by atoms with van der Waals surface area (Å²) in [6.07, 6.45) is 3.56. The molecule has 0 unspecified atom stereocenters. The predicted octanol–water partition coefficient (Wildman–Crippen LogP) is 2.12. The molecule has 170 valence electrons. The van der Waals surface area contributed by atoms with Gasteiger partial charge in [0.25, 0.3) is 11.8 Å². The fraction of sp³-hybridized carbons (Fsp3) is 0.421. The van der Waals surface area contributed by atoms with Crippen molar-refractivity contribution in [3.05, 3.63) is 35.9 Å². The third kappa shape index (κ3) is 6.65. The molecular weight excluding hydrogens is 443 g/mol. The smallest absolute Gasteiger partial charge is 0.289 e. The number of hydrazine groups is 1. The van der Waals surface area contributed by atoms with Crippen molar-refractivity contribution in [1.29, 1.82) is 5.41 Å². The quantitative estimate of drug-likeness (QED) is 0.140. The zero-order chi connectivity index (χ0) is 23.0. The molecule has 2 aromatic rings. The lowest BCUT2D eigenvalue weighted by Crippen LogP contribution is -2.45. The van der Waals surface area contributed by atoms with Gasteiger partial charge in [0.1, 0.15) is 11.4 Å². The lowest BCUT2D eigenvalue weighted by Gasteiger charge is -2.30. The summed E-state index contributed by atoms with van der Waals surface area (Å²) in [5.74, 6) is 0.191. The Labute approximate surface area is 191 Å². The van der Waals surface area contributed by atoms with Crippen LogP contribution in [0.15, 0.2) is 24.5 Å². The molecule has 0 aliphatic carbocycles. The summed E-state index contributed by atoms with van der Waals surface area (Å²) in [6, 6.07) is 3.30. The number of nitrogens with one attached hydrogen (secondary N) is 4. The summed E-state index contributed by atoms with van der Waals surface area (Å²) >= 11 is 11.6. The molecule has 0 aliphatic heterocycles. The molecule has 2 rings (SSSR count). The van der Waals surface area contributed by atoms with Crippen LogP contribution in [0, 0.1) is 5.41 Å². The first-order valence-electron chi connectivity index (χ1n) is 9.65. The van der Waals surface area contributed by atoms with Gasteiger partial charge in [-0.05, 0) is 12.1 Å². The van der Waals surface area contributed by atoms with Crippen LogP contribution in [-0.2, 0) is 0 Å². The van der Waals surface area contributed by atoms with E-state index < -0.39 is 0 Å². The van der Waals surface area contributed by atoms with Gasteiger partial charge in [0.15, 0.2) is 0 Å². The van der Waals surface area contributed by atoms with E-state index in [2.05, 4.69) is 15.3 Å². The molecule has 2 heterocycles. The Kier molecular flexibility index (Phi) is 9.22. The molecule has 0 atom stereocenters. The average Bonchev–Trinajstić information content (AvgIpc) is 3.40. The Hall–Kier alpha value is -2.69. The van der Waals surface area contributed by atoms with E-state index in [0.29, 0.717) is 48.5 Å². The van der Waals surface area contributed by atoms with Crippen LogP contribution in [0.2, 0.25) is 0 Å². The number of rotatable bonds is 12. The number of halogens is 2. The zero-order valence-electron chi connectivity index (χ0n) is 17.5. The SMILES string of the molecule is CN(CCC(=N)N)C(=O)c1cc(N(C(=O)c2cc(NCCCl)c[nH]2)N(C)CCCl)c[nH]1. The number of aromatic nitrogens is 2. The molecule has 0 saturated carbocycles. The zero-order valence-corrected chi connectivity index (χ0v) is 19.1. The van der Waals surface area contributed by atoms with Gasteiger partial charge in [0.2, 0.25) is 0 Å². The second kappa shape index (κ2) is 11.6. The minimum absolute atomic E-state index is 0.0113. The van der Waals surface area contributed by atoms with Crippen LogP contribution in [0.5, 0.6) is 0 Å². The Morgan fingerprint density at radius 2 is 1.74 bits per heavy atom. The molecule has 0 saturated heterocycles. The third-order valence-corrected chi connectivity index (χ3v) is 4.84. The molecule has 2 amide bonds. The maximum absolute atomic E-state index is 13.2. The number of nitrogens with zero attached hydrogens (tertiary/aromatic N) is 3. The minimum Gasteiger partial charge on any atom is -0.388 e. The van der Waals surface area contributed by atoms with Crippen LogP contribution in [0.4, 0.5) is 11.4 Å². The highest BCUT2D eigenvalue weighted by Gasteiger charge is 2.25. The van der Waals surface area contributed by atoms with E-state index in [1.165, 1.54) is 9.91 Å². The lowest BCUT2D eigenvalue weighted by molar-refractivity contribution is 0.0793. The fourth-order valence-electron chi connectivity index (χ4n) is 2.84. The fourth-order valence-corrected chi connectivity index (χ4v) is 3.18. The van der Waals surface area contributed by atoms with Crippen LogP contribution < -0.4 is 16.1 Å². The Morgan fingerprint density at radius 3 is 2.39 bits per heavy atom. The van der Waals surface area contributed by atoms with Gasteiger partial charge in [-0.15, -0.1) is 23.2 Å². The molecule has 31 heavy (non-hydrogen) atoms. The molecule has 0 radical (unpaired) electrons. The molecular formula is C19H28Cl2N8O2. The highest BCUT2D eigenvalue weighted by Crippen LogP contribution is 2.22. The summed E-state index contributed by atoms with van der Waals surface area (Å²) in [5, 5.41) is 13.5. The summed E-state index contributed by atoms with van der Waals surface area (Å²) in [5.41, 5.74) is 7.29. The van der Waals surface area contributed by atoms with Crippen LogP contribution in [-0.4, -0.2) is 83.0 Å². The van der Waals surface area contributed by atoms with Gasteiger partial charge >= 0.3 is 0 Å². The van der Waals surface area contributed by atoms with E-state index in [-0.39, 0.29) is 24.1 Å². The highest BCUT2D eigenvalue weighted by molar-refractivity contribution is 6.18. The first-order valence-corrected chi connectivity index (χ1v) is 10.7. The average molecular weight is 471 g/mol.